The number of fused-ring (bicyclic) bond motifs is 2. The molecule has 0 aromatic carbocycles. The van der Waals surface area contributed by atoms with Gasteiger partial charge in [-0.2, -0.15) is 0 Å². The molecule has 2 saturated carbocycles. The largest absolute Gasteiger partial charge is 0.369 e. The monoisotopic (exact) mass is 639 g/mol. The molecule has 3 aliphatic heterocycles. The van der Waals surface area contributed by atoms with Gasteiger partial charge >= 0.3 is 0 Å². The lowest BCUT2D eigenvalue weighted by Crippen LogP contribution is -2.58. The van der Waals surface area contributed by atoms with Crippen molar-refractivity contribution in [2.75, 3.05) is 19.6 Å². The van der Waals surface area contributed by atoms with Crippen LogP contribution in [0.3, 0.4) is 0 Å². The number of likely N-dealkylation sites (tertiary alicyclic amines) is 1. The lowest BCUT2D eigenvalue weighted by molar-refractivity contribution is -0.141. The van der Waals surface area contributed by atoms with E-state index in [1.54, 1.807) is 0 Å². The molecule has 3 heterocycles. The molecule has 0 bridgehead atoms. The molecule has 0 unspecified atom stereocenters. The van der Waals surface area contributed by atoms with Crippen molar-refractivity contribution >= 4 is 40.3 Å². The van der Waals surface area contributed by atoms with Crippen molar-refractivity contribution in [2.24, 2.45) is 5.92 Å². The molecule has 15 heteroatoms. The standard InChI is InChI=1S/C29H39F2N5O7S/c30-28(31)12-14-35(18-28)24(17-38)22(16-37)32-21-8-5-3-1-2-4-7-19-15-29(19,27(41)34-44(42,43)20-10-11-20)33-25(39)23-9-6-13-36(23)26(21)40/h4,7,16-17,19-21,23,32H,1-3,5-6,8-15,18H2,(H,33,39)(H,34,41)/b7-4-,24-22-/t19-,21+,23+,29-/m1/s1. The highest BCUT2D eigenvalue weighted by molar-refractivity contribution is 7.91. The number of aldehydes is 2. The fourth-order valence-corrected chi connectivity index (χ4v) is 7.75. The summed E-state index contributed by atoms with van der Waals surface area (Å²) in [6.07, 6.45) is 8.85. The minimum Gasteiger partial charge on any atom is -0.369 e. The van der Waals surface area contributed by atoms with Crippen LogP contribution in [-0.2, 0) is 34.0 Å². The Morgan fingerprint density at radius 3 is 2.45 bits per heavy atom. The number of sulfonamides is 1. The summed E-state index contributed by atoms with van der Waals surface area (Å²) in [5.41, 5.74) is -1.98. The Morgan fingerprint density at radius 1 is 1.02 bits per heavy atom. The van der Waals surface area contributed by atoms with Gasteiger partial charge in [-0.3, -0.25) is 28.7 Å². The maximum Gasteiger partial charge on any atom is 0.266 e. The molecule has 0 radical (unpaired) electrons. The summed E-state index contributed by atoms with van der Waals surface area (Å²) in [6, 6.07) is -1.96. The van der Waals surface area contributed by atoms with Crippen LogP contribution in [0.25, 0.3) is 0 Å². The molecule has 0 aromatic heterocycles. The van der Waals surface area contributed by atoms with Crippen LogP contribution in [0.2, 0.25) is 0 Å². The number of nitrogens with one attached hydrogen (secondary N) is 3. The van der Waals surface area contributed by atoms with E-state index >= 15 is 0 Å². The van der Waals surface area contributed by atoms with Gasteiger partial charge in [0.05, 0.1) is 11.8 Å². The first-order valence-corrected chi connectivity index (χ1v) is 16.8. The van der Waals surface area contributed by atoms with Gasteiger partial charge in [-0.15, -0.1) is 0 Å². The number of carbonyl (C=O) groups is 5. The lowest BCUT2D eigenvalue weighted by Gasteiger charge is -2.31. The van der Waals surface area contributed by atoms with E-state index in [0.717, 1.165) is 11.3 Å². The molecular weight excluding hydrogens is 600 g/mol. The van der Waals surface area contributed by atoms with Crippen molar-refractivity contribution in [1.82, 2.24) is 25.2 Å². The third-order valence-corrected chi connectivity index (χ3v) is 11.0. The highest BCUT2D eigenvalue weighted by atomic mass is 32.2. The Morgan fingerprint density at radius 2 is 1.80 bits per heavy atom. The van der Waals surface area contributed by atoms with Crippen LogP contribution in [0, 0.1) is 5.92 Å². The van der Waals surface area contributed by atoms with Gasteiger partial charge in [0.1, 0.15) is 29.0 Å². The number of allylic oxidation sites excluding steroid dienone is 3. The van der Waals surface area contributed by atoms with Crippen LogP contribution in [0.5, 0.6) is 0 Å². The Bertz CT molecular complexity index is 1370. The van der Waals surface area contributed by atoms with E-state index in [1.807, 2.05) is 12.2 Å². The molecule has 4 atom stereocenters. The molecule has 0 spiro atoms. The van der Waals surface area contributed by atoms with E-state index in [1.165, 1.54) is 4.90 Å². The topological polar surface area (TPSA) is 162 Å². The van der Waals surface area contributed by atoms with E-state index in [-0.39, 0.29) is 37.3 Å². The van der Waals surface area contributed by atoms with Crippen LogP contribution < -0.4 is 15.4 Å². The average molecular weight is 640 g/mol. The van der Waals surface area contributed by atoms with E-state index in [0.29, 0.717) is 57.5 Å². The number of carbonyl (C=O) groups excluding carboxylic acids is 5. The van der Waals surface area contributed by atoms with Gasteiger partial charge in [0.2, 0.25) is 21.8 Å². The van der Waals surface area contributed by atoms with E-state index < -0.39 is 75.4 Å². The molecule has 4 fully saturated rings. The van der Waals surface area contributed by atoms with E-state index in [2.05, 4.69) is 15.4 Å². The quantitative estimate of drug-likeness (QED) is 0.199. The van der Waals surface area contributed by atoms with Crippen LogP contribution in [-0.4, -0.2) is 96.9 Å². The minimum atomic E-state index is -3.85. The number of hydrogen-bond donors (Lipinski definition) is 3. The van der Waals surface area contributed by atoms with Crippen molar-refractivity contribution in [3.05, 3.63) is 23.5 Å². The third-order valence-electron chi connectivity index (χ3n) is 9.18. The summed E-state index contributed by atoms with van der Waals surface area (Å²) >= 11 is 0. The normalized spacial score (nSPS) is 32.2. The van der Waals surface area contributed by atoms with Gasteiger partial charge in [0.15, 0.2) is 12.6 Å². The van der Waals surface area contributed by atoms with E-state index in [9.17, 15) is 41.2 Å². The van der Waals surface area contributed by atoms with Gasteiger partial charge < -0.3 is 20.4 Å². The zero-order valence-electron chi connectivity index (χ0n) is 24.4. The molecule has 242 valence electrons. The second kappa shape index (κ2) is 12.6. The average Bonchev–Trinajstić information content (AvgIpc) is 3.86. The van der Waals surface area contributed by atoms with E-state index in [4.69, 9.17) is 0 Å². The summed E-state index contributed by atoms with van der Waals surface area (Å²) in [4.78, 5) is 67.4. The first kappa shape index (κ1) is 32.0. The molecule has 2 saturated heterocycles. The van der Waals surface area contributed by atoms with Gasteiger partial charge in [-0.1, -0.05) is 25.0 Å². The molecule has 44 heavy (non-hydrogen) atoms. The summed E-state index contributed by atoms with van der Waals surface area (Å²) < 4.78 is 55.0. The summed E-state index contributed by atoms with van der Waals surface area (Å²) in [5, 5.41) is 5.00. The van der Waals surface area contributed by atoms with Crippen LogP contribution in [0.1, 0.15) is 70.6 Å². The molecule has 3 N–H and O–H groups in total. The Balaban J connectivity index is 1.38. The van der Waals surface area contributed by atoms with Gasteiger partial charge in [0, 0.05) is 25.4 Å². The zero-order chi connectivity index (χ0) is 31.7. The molecule has 12 nitrogen and oxygen atoms in total. The minimum absolute atomic E-state index is 0.126. The first-order valence-electron chi connectivity index (χ1n) is 15.3. The number of amides is 3. The van der Waals surface area contributed by atoms with Crippen molar-refractivity contribution in [3.8, 4) is 0 Å². The Kier molecular flexibility index (Phi) is 9.15. The lowest BCUT2D eigenvalue weighted by atomic mass is 10.0. The second-order valence-corrected chi connectivity index (χ2v) is 14.4. The molecule has 5 rings (SSSR count). The first-order chi connectivity index (χ1) is 20.9. The fraction of sp³-hybridized carbons (Fsp3) is 0.690. The van der Waals surface area contributed by atoms with Gasteiger partial charge in [-0.25, -0.2) is 17.2 Å². The second-order valence-electron chi connectivity index (χ2n) is 12.5. The summed E-state index contributed by atoms with van der Waals surface area (Å²) in [7, 11) is -3.85. The molecular formula is C29H39F2N5O7S. The van der Waals surface area contributed by atoms with Crippen molar-refractivity contribution in [1.29, 1.82) is 0 Å². The number of rotatable bonds is 8. The fourth-order valence-electron chi connectivity index (χ4n) is 6.38. The highest BCUT2D eigenvalue weighted by Gasteiger charge is 2.61. The maximum absolute atomic E-state index is 13.9. The molecule has 0 aromatic rings. The predicted molar refractivity (Wildman–Crippen MR) is 153 cm³/mol. The predicted octanol–water partition coefficient (Wildman–Crippen LogP) is 0.890. The van der Waals surface area contributed by atoms with Crippen molar-refractivity contribution in [2.45, 2.75) is 99.4 Å². The van der Waals surface area contributed by atoms with Crippen molar-refractivity contribution < 1.29 is 41.2 Å². The highest BCUT2D eigenvalue weighted by Crippen LogP contribution is 2.46. The number of nitrogens with zero attached hydrogens (tertiary/aromatic N) is 2. The number of hydrogen-bond acceptors (Lipinski definition) is 9. The third kappa shape index (κ3) is 6.81. The molecule has 2 aliphatic carbocycles. The summed E-state index contributed by atoms with van der Waals surface area (Å²) in [5.74, 6) is -5.27. The van der Waals surface area contributed by atoms with Crippen LogP contribution in [0.4, 0.5) is 8.78 Å². The smallest absolute Gasteiger partial charge is 0.266 e. The zero-order valence-corrected chi connectivity index (χ0v) is 25.3. The molecule has 5 aliphatic rings. The van der Waals surface area contributed by atoms with Crippen LogP contribution >= 0.6 is 0 Å². The SMILES string of the molecule is O=C/C(N[C@H]1CCCCC/C=C\[C@@H]2C[C@@]2(C(=O)NS(=O)(=O)C2CC2)NC(=O)[C@@H]2CCCN2C1=O)=C(\C=O)N1CCC(F)(F)C1. The van der Waals surface area contributed by atoms with Crippen molar-refractivity contribution in [3.63, 3.8) is 0 Å². The van der Waals surface area contributed by atoms with Gasteiger partial charge in [0.25, 0.3) is 11.8 Å². The number of halogens is 2. The number of alkyl halides is 2. The summed E-state index contributed by atoms with van der Waals surface area (Å²) in [6.45, 7) is -0.621. The molecule has 3 amide bonds. The van der Waals surface area contributed by atoms with Crippen LogP contribution in [0.15, 0.2) is 23.5 Å². The Labute approximate surface area is 255 Å². The maximum atomic E-state index is 13.9. The van der Waals surface area contributed by atoms with Gasteiger partial charge in [-0.05, 0) is 51.4 Å². The Hall–Kier alpha value is -3.36.